The number of aromatic nitrogens is 2. The minimum atomic E-state index is 0.898. The lowest BCUT2D eigenvalue weighted by Crippen LogP contribution is -1.70. The first-order valence-electron chi connectivity index (χ1n) is 3.39. The molecule has 0 saturated carbocycles. The first-order valence-corrected chi connectivity index (χ1v) is 4.21. The van der Waals surface area contributed by atoms with Crippen LogP contribution in [0.25, 0.3) is 11.0 Å². The van der Waals surface area contributed by atoms with Crippen molar-refractivity contribution in [2.24, 2.45) is 0 Å². The first-order chi connectivity index (χ1) is 5.90. The van der Waals surface area contributed by atoms with Gasteiger partial charge in [-0.2, -0.15) is 5.26 Å². The Kier molecular flexibility index (Phi) is 1.72. The highest BCUT2D eigenvalue weighted by Crippen LogP contribution is 2.20. The van der Waals surface area contributed by atoms with Gasteiger partial charge in [-0.15, -0.1) is 0 Å². The first kappa shape index (κ1) is 7.19. The fourth-order valence-corrected chi connectivity index (χ4v) is 1.44. The van der Waals surface area contributed by atoms with Gasteiger partial charge < -0.3 is 4.98 Å². The highest BCUT2D eigenvalue weighted by molar-refractivity contribution is 8.03. The number of thiocyanates is 1. The third-order valence-corrected chi connectivity index (χ3v) is 2.14. The normalized spacial score (nSPS) is 9.92. The zero-order chi connectivity index (χ0) is 8.39. The van der Waals surface area contributed by atoms with Crippen molar-refractivity contribution in [3.8, 4) is 5.40 Å². The average molecular weight is 175 g/mol. The molecule has 0 aliphatic rings. The van der Waals surface area contributed by atoms with E-state index in [1.54, 1.807) is 6.33 Å². The second kappa shape index (κ2) is 2.88. The average Bonchev–Trinajstić information content (AvgIpc) is 2.51. The molecule has 1 aromatic carbocycles. The second-order valence-electron chi connectivity index (χ2n) is 2.27. The second-order valence-corrected chi connectivity index (χ2v) is 3.13. The van der Waals surface area contributed by atoms with Crippen molar-refractivity contribution < 1.29 is 0 Å². The van der Waals surface area contributed by atoms with E-state index in [0.29, 0.717) is 0 Å². The van der Waals surface area contributed by atoms with Crippen molar-refractivity contribution in [1.29, 1.82) is 5.26 Å². The SMILES string of the molecule is N#CSc1ccc2[nH]cnc2c1. The van der Waals surface area contributed by atoms with E-state index in [2.05, 4.69) is 9.97 Å². The Labute approximate surface area is 73.4 Å². The Morgan fingerprint density at radius 1 is 1.50 bits per heavy atom. The Bertz CT molecular complexity index is 441. The smallest absolute Gasteiger partial charge is 0.138 e. The van der Waals surface area contributed by atoms with Gasteiger partial charge >= 0.3 is 0 Å². The molecule has 0 aliphatic carbocycles. The molecule has 0 bridgehead atoms. The number of hydrogen-bond donors (Lipinski definition) is 1. The van der Waals surface area contributed by atoms with Crippen LogP contribution in [0.5, 0.6) is 0 Å². The fraction of sp³-hybridized carbons (Fsp3) is 0. The summed E-state index contributed by atoms with van der Waals surface area (Å²) in [6.45, 7) is 0. The molecule has 0 atom stereocenters. The van der Waals surface area contributed by atoms with Crippen LogP contribution < -0.4 is 0 Å². The van der Waals surface area contributed by atoms with E-state index in [9.17, 15) is 0 Å². The Morgan fingerprint density at radius 2 is 2.42 bits per heavy atom. The van der Waals surface area contributed by atoms with E-state index in [1.807, 2.05) is 23.6 Å². The van der Waals surface area contributed by atoms with Crippen LogP contribution in [-0.2, 0) is 0 Å². The molecule has 2 rings (SSSR count). The molecule has 2 aromatic rings. The monoisotopic (exact) mass is 175 g/mol. The molecule has 0 fully saturated rings. The fourth-order valence-electron chi connectivity index (χ4n) is 1.03. The zero-order valence-electron chi connectivity index (χ0n) is 6.11. The third kappa shape index (κ3) is 1.15. The van der Waals surface area contributed by atoms with Gasteiger partial charge in [-0.3, -0.25) is 0 Å². The van der Waals surface area contributed by atoms with E-state index in [0.717, 1.165) is 27.7 Å². The van der Waals surface area contributed by atoms with E-state index >= 15 is 0 Å². The lowest BCUT2D eigenvalue weighted by atomic mass is 10.3. The van der Waals surface area contributed by atoms with Crippen molar-refractivity contribution in [3.05, 3.63) is 24.5 Å². The molecule has 1 N–H and O–H groups in total. The molecule has 12 heavy (non-hydrogen) atoms. The lowest BCUT2D eigenvalue weighted by Gasteiger charge is -1.91. The van der Waals surface area contributed by atoms with Gasteiger partial charge in [0.1, 0.15) is 5.40 Å². The van der Waals surface area contributed by atoms with Gasteiger partial charge in [-0.05, 0) is 30.0 Å². The summed E-state index contributed by atoms with van der Waals surface area (Å²) in [5.74, 6) is 0. The van der Waals surface area contributed by atoms with Crippen LogP contribution >= 0.6 is 11.8 Å². The molecule has 58 valence electrons. The van der Waals surface area contributed by atoms with Gasteiger partial charge in [0.05, 0.1) is 17.4 Å². The third-order valence-electron chi connectivity index (χ3n) is 1.56. The van der Waals surface area contributed by atoms with Gasteiger partial charge in [0.15, 0.2) is 0 Å². The van der Waals surface area contributed by atoms with E-state index in [-0.39, 0.29) is 0 Å². The Hall–Kier alpha value is -1.47. The summed E-state index contributed by atoms with van der Waals surface area (Å²) in [6.07, 6.45) is 1.64. The summed E-state index contributed by atoms with van der Waals surface area (Å²) in [5.41, 5.74) is 1.90. The molecule has 1 aromatic heterocycles. The highest BCUT2D eigenvalue weighted by atomic mass is 32.2. The minimum Gasteiger partial charge on any atom is -0.345 e. The minimum absolute atomic E-state index is 0.898. The molecule has 3 nitrogen and oxygen atoms in total. The number of H-pyrrole nitrogens is 1. The molecule has 0 amide bonds. The quantitative estimate of drug-likeness (QED) is 0.533. The van der Waals surface area contributed by atoms with E-state index in [1.165, 1.54) is 0 Å². The predicted octanol–water partition coefficient (Wildman–Crippen LogP) is 2.14. The van der Waals surface area contributed by atoms with Gasteiger partial charge in [-0.25, -0.2) is 4.98 Å². The largest absolute Gasteiger partial charge is 0.345 e. The van der Waals surface area contributed by atoms with Crippen molar-refractivity contribution in [2.75, 3.05) is 0 Å². The van der Waals surface area contributed by atoms with Gasteiger partial charge in [0, 0.05) is 4.90 Å². The molecule has 4 heteroatoms. The molecule has 0 saturated heterocycles. The summed E-state index contributed by atoms with van der Waals surface area (Å²) < 4.78 is 0. The molecule has 0 aliphatic heterocycles. The van der Waals surface area contributed by atoms with Crippen molar-refractivity contribution in [2.45, 2.75) is 4.90 Å². The van der Waals surface area contributed by atoms with Crippen LogP contribution in [0.4, 0.5) is 0 Å². The molecular weight excluding hydrogens is 170 g/mol. The number of nitrogens with one attached hydrogen (secondary N) is 1. The number of fused-ring (bicyclic) bond motifs is 1. The maximum Gasteiger partial charge on any atom is 0.138 e. The van der Waals surface area contributed by atoms with Crippen LogP contribution in [0.15, 0.2) is 29.4 Å². The van der Waals surface area contributed by atoms with Gasteiger partial charge in [0.25, 0.3) is 0 Å². The topological polar surface area (TPSA) is 52.5 Å². The number of benzene rings is 1. The number of nitrogens with zero attached hydrogens (tertiary/aromatic N) is 2. The molecule has 0 spiro atoms. The highest BCUT2D eigenvalue weighted by Gasteiger charge is 1.97. The van der Waals surface area contributed by atoms with Crippen molar-refractivity contribution in [3.63, 3.8) is 0 Å². The number of hydrogen-bond acceptors (Lipinski definition) is 3. The van der Waals surface area contributed by atoms with Crippen LogP contribution in [-0.4, -0.2) is 9.97 Å². The van der Waals surface area contributed by atoms with Crippen molar-refractivity contribution >= 4 is 22.8 Å². The summed E-state index contributed by atoms with van der Waals surface area (Å²) in [7, 11) is 0. The van der Waals surface area contributed by atoms with Gasteiger partial charge in [-0.1, -0.05) is 0 Å². The van der Waals surface area contributed by atoms with Crippen LogP contribution in [0, 0.1) is 10.7 Å². The van der Waals surface area contributed by atoms with Crippen LogP contribution in [0.1, 0.15) is 0 Å². The van der Waals surface area contributed by atoms with E-state index in [4.69, 9.17) is 5.26 Å². The summed E-state index contributed by atoms with van der Waals surface area (Å²) in [4.78, 5) is 8.00. The Morgan fingerprint density at radius 3 is 3.25 bits per heavy atom. The number of thioether (sulfide) groups is 1. The summed E-state index contributed by atoms with van der Waals surface area (Å²) >= 11 is 1.15. The van der Waals surface area contributed by atoms with Gasteiger partial charge in [0.2, 0.25) is 0 Å². The summed E-state index contributed by atoms with van der Waals surface area (Å²) in [5, 5.41) is 10.4. The molecule has 0 radical (unpaired) electrons. The number of imidazole rings is 1. The maximum absolute atomic E-state index is 8.43. The molecule has 1 heterocycles. The predicted molar refractivity (Wildman–Crippen MR) is 47.6 cm³/mol. The number of rotatable bonds is 1. The molecular formula is C8H5N3S. The van der Waals surface area contributed by atoms with Crippen molar-refractivity contribution in [1.82, 2.24) is 9.97 Å². The zero-order valence-corrected chi connectivity index (χ0v) is 6.93. The van der Waals surface area contributed by atoms with Crippen LogP contribution in [0.2, 0.25) is 0 Å². The van der Waals surface area contributed by atoms with E-state index < -0.39 is 0 Å². The standard InChI is InChI=1S/C8H5N3S/c9-4-12-6-1-2-7-8(3-6)11-5-10-7/h1-3,5H,(H,10,11). The lowest BCUT2D eigenvalue weighted by molar-refractivity contribution is 1.34. The van der Waals surface area contributed by atoms with Crippen LogP contribution in [0.3, 0.4) is 0 Å². The number of aromatic amines is 1. The Balaban J connectivity index is 2.54. The number of nitriles is 1. The summed E-state index contributed by atoms with van der Waals surface area (Å²) in [6, 6.07) is 5.70. The maximum atomic E-state index is 8.43. The molecule has 0 unspecified atom stereocenters.